The van der Waals surface area contributed by atoms with Crippen LogP contribution < -0.4 is 0 Å². The number of nitrogens with zero attached hydrogens (tertiary/aromatic N) is 2. The number of hydrogen-bond acceptors (Lipinski definition) is 6. The predicted molar refractivity (Wildman–Crippen MR) is 95.6 cm³/mol. The van der Waals surface area contributed by atoms with Crippen molar-refractivity contribution in [3.8, 4) is 22.3 Å². The summed E-state index contributed by atoms with van der Waals surface area (Å²) >= 11 is 0. The van der Waals surface area contributed by atoms with Crippen LogP contribution in [0.1, 0.15) is 20.7 Å². The number of carbonyl (C=O) groups excluding carboxylic acids is 2. The molecular formula is C20H16N2O4. The molecule has 1 aromatic heterocycles. The van der Waals surface area contributed by atoms with E-state index in [1.165, 1.54) is 20.5 Å². The molecule has 0 amide bonds. The third kappa shape index (κ3) is 3.30. The molecule has 0 radical (unpaired) electrons. The maximum atomic E-state index is 12.2. The molecule has 0 saturated heterocycles. The second kappa shape index (κ2) is 7.57. The molecule has 0 aliphatic carbocycles. The molecule has 0 saturated carbocycles. The van der Waals surface area contributed by atoms with Gasteiger partial charge in [0.2, 0.25) is 0 Å². The van der Waals surface area contributed by atoms with Crippen LogP contribution in [0.3, 0.4) is 0 Å². The highest BCUT2D eigenvalue weighted by Crippen LogP contribution is 2.34. The number of rotatable bonds is 4. The van der Waals surface area contributed by atoms with E-state index >= 15 is 0 Å². The summed E-state index contributed by atoms with van der Waals surface area (Å²) in [5.41, 5.74) is 3.33. The summed E-state index contributed by atoms with van der Waals surface area (Å²) in [5, 5.41) is 0. The molecule has 0 aliphatic heterocycles. The number of esters is 2. The van der Waals surface area contributed by atoms with E-state index in [1.54, 1.807) is 24.5 Å². The van der Waals surface area contributed by atoms with Crippen molar-refractivity contribution in [2.24, 2.45) is 0 Å². The fourth-order valence-electron chi connectivity index (χ4n) is 2.69. The van der Waals surface area contributed by atoms with E-state index in [-0.39, 0.29) is 11.1 Å². The first kappa shape index (κ1) is 17.3. The smallest absolute Gasteiger partial charge is 0.338 e. The van der Waals surface area contributed by atoms with Crippen molar-refractivity contribution in [3.05, 3.63) is 72.3 Å². The summed E-state index contributed by atoms with van der Waals surface area (Å²) in [7, 11) is 2.53. The second-order valence-electron chi connectivity index (χ2n) is 5.42. The van der Waals surface area contributed by atoms with Gasteiger partial charge in [0.15, 0.2) is 0 Å². The third-order valence-electron chi connectivity index (χ3n) is 3.92. The summed E-state index contributed by atoms with van der Waals surface area (Å²) in [5.74, 6) is -1.23. The number of aromatic nitrogens is 2. The first-order valence-corrected chi connectivity index (χ1v) is 7.81. The van der Waals surface area contributed by atoms with Crippen molar-refractivity contribution in [1.82, 2.24) is 9.97 Å². The second-order valence-corrected chi connectivity index (χ2v) is 5.42. The molecule has 6 heteroatoms. The maximum absolute atomic E-state index is 12.2. The molecule has 6 nitrogen and oxygen atoms in total. The van der Waals surface area contributed by atoms with E-state index in [0.29, 0.717) is 11.1 Å². The molecule has 0 N–H and O–H groups in total. The van der Waals surface area contributed by atoms with Gasteiger partial charge in [0, 0.05) is 18.0 Å². The van der Waals surface area contributed by atoms with Crippen LogP contribution in [0.4, 0.5) is 0 Å². The van der Waals surface area contributed by atoms with Gasteiger partial charge in [0.25, 0.3) is 0 Å². The van der Waals surface area contributed by atoms with Gasteiger partial charge in [-0.25, -0.2) is 19.6 Å². The van der Waals surface area contributed by atoms with Crippen LogP contribution in [-0.2, 0) is 9.47 Å². The lowest BCUT2D eigenvalue weighted by molar-refractivity contribution is 0.0555. The SMILES string of the molecule is COC(=O)c1cc(-c2ccccc2)c(-c2cncnc2)cc1C(=O)OC. The van der Waals surface area contributed by atoms with E-state index < -0.39 is 11.9 Å². The topological polar surface area (TPSA) is 78.4 Å². The Labute approximate surface area is 150 Å². The van der Waals surface area contributed by atoms with Crippen molar-refractivity contribution in [1.29, 1.82) is 0 Å². The van der Waals surface area contributed by atoms with Crippen molar-refractivity contribution in [2.45, 2.75) is 0 Å². The molecular weight excluding hydrogens is 332 g/mol. The minimum atomic E-state index is -0.622. The van der Waals surface area contributed by atoms with Gasteiger partial charge in [-0.15, -0.1) is 0 Å². The number of ether oxygens (including phenoxy) is 2. The molecule has 26 heavy (non-hydrogen) atoms. The fourth-order valence-corrected chi connectivity index (χ4v) is 2.69. The standard InChI is InChI=1S/C20H16N2O4/c1-25-19(23)17-8-15(13-6-4-3-5-7-13)16(9-18(17)20(24)26-2)14-10-21-12-22-11-14/h3-12H,1-2H3. The lowest BCUT2D eigenvalue weighted by atomic mass is 9.91. The number of benzene rings is 2. The summed E-state index contributed by atoms with van der Waals surface area (Å²) in [6.45, 7) is 0. The molecule has 1 heterocycles. The summed E-state index contributed by atoms with van der Waals surface area (Å²) in [6, 6.07) is 12.8. The molecule has 130 valence electrons. The summed E-state index contributed by atoms with van der Waals surface area (Å²) in [6.07, 6.45) is 4.72. The lowest BCUT2D eigenvalue weighted by Gasteiger charge is -2.15. The zero-order valence-corrected chi connectivity index (χ0v) is 14.3. The third-order valence-corrected chi connectivity index (χ3v) is 3.92. The van der Waals surface area contributed by atoms with Crippen molar-refractivity contribution < 1.29 is 19.1 Å². The van der Waals surface area contributed by atoms with Gasteiger partial charge in [-0.3, -0.25) is 0 Å². The molecule has 0 fully saturated rings. The molecule has 0 bridgehead atoms. The number of hydrogen-bond donors (Lipinski definition) is 0. The molecule has 0 aliphatic rings. The molecule has 3 aromatic rings. The van der Waals surface area contributed by atoms with Gasteiger partial charge >= 0.3 is 11.9 Å². The molecule has 0 atom stereocenters. The van der Waals surface area contributed by atoms with Gasteiger partial charge < -0.3 is 9.47 Å². The highest BCUT2D eigenvalue weighted by Gasteiger charge is 2.23. The summed E-state index contributed by atoms with van der Waals surface area (Å²) < 4.78 is 9.67. The van der Waals surface area contributed by atoms with Crippen molar-refractivity contribution in [3.63, 3.8) is 0 Å². The predicted octanol–water partition coefficient (Wildman–Crippen LogP) is 3.38. The van der Waals surface area contributed by atoms with Crippen LogP contribution in [0, 0.1) is 0 Å². The van der Waals surface area contributed by atoms with Crippen LogP contribution in [-0.4, -0.2) is 36.1 Å². The molecule has 2 aromatic carbocycles. The zero-order valence-electron chi connectivity index (χ0n) is 14.3. The first-order chi connectivity index (χ1) is 12.7. The maximum Gasteiger partial charge on any atom is 0.338 e. The van der Waals surface area contributed by atoms with Crippen LogP contribution in [0.15, 0.2) is 61.2 Å². The highest BCUT2D eigenvalue weighted by atomic mass is 16.5. The monoisotopic (exact) mass is 348 g/mol. The average Bonchev–Trinajstić information content (AvgIpc) is 2.73. The first-order valence-electron chi connectivity index (χ1n) is 7.81. The molecule has 0 spiro atoms. The quantitative estimate of drug-likeness (QED) is 0.673. The van der Waals surface area contributed by atoms with Gasteiger partial charge in [-0.1, -0.05) is 30.3 Å². The van der Waals surface area contributed by atoms with Gasteiger partial charge in [0.05, 0.1) is 25.3 Å². The van der Waals surface area contributed by atoms with E-state index in [4.69, 9.17) is 9.47 Å². The number of methoxy groups -OCH3 is 2. The Morgan fingerprint density at radius 3 is 1.77 bits per heavy atom. The molecule has 3 rings (SSSR count). The van der Waals surface area contributed by atoms with E-state index in [0.717, 1.165) is 11.1 Å². The lowest BCUT2D eigenvalue weighted by Crippen LogP contribution is -2.12. The van der Waals surface area contributed by atoms with Crippen LogP contribution in [0.25, 0.3) is 22.3 Å². The Hall–Kier alpha value is -3.54. The van der Waals surface area contributed by atoms with Crippen LogP contribution in [0.5, 0.6) is 0 Å². The number of carbonyl (C=O) groups is 2. The fraction of sp³-hybridized carbons (Fsp3) is 0.100. The van der Waals surface area contributed by atoms with Gasteiger partial charge in [-0.05, 0) is 28.8 Å². The molecule has 0 unspecified atom stereocenters. The normalized spacial score (nSPS) is 10.2. The minimum Gasteiger partial charge on any atom is -0.465 e. The Bertz CT molecular complexity index is 862. The summed E-state index contributed by atoms with van der Waals surface area (Å²) in [4.78, 5) is 32.5. The Balaban J connectivity index is 2.34. The van der Waals surface area contributed by atoms with E-state index in [1.807, 2.05) is 30.3 Å². The van der Waals surface area contributed by atoms with E-state index in [9.17, 15) is 9.59 Å². The Kier molecular flexibility index (Phi) is 5.03. The highest BCUT2D eigenvalue weighted by molar-refractivity contribution is 6.06. The van der Waals surface area contributed by atoms with Gasteiger partial charge in [-0.2, -0.15) is 0 Å². The Morgan fingerprint density at radius 2 is 1.27 bits per heavy atom. The van der Waals surface area contributed by atoms with Gasteiger partial charge in [0.1, 0.15) is 6.33 Å². The average molecular weight is 348 g/mol. The van der Waals surface area contributed by atoms with E-state index in [2.05, 4.69) is 9.97 Å². The largest absolute Gasteiger partial charge is 0.465 e. The van der Waals surface area contributed by atoms with Crippen LogP contribution >= 0.6 is 0 Å². The van der Waals surface area contributed by atoms with Crippen molar-refractivity contribution >= 4 is 11.9 Å². The van der Waals surface area contributed by atoms with Crippen molar-refractivity contribution in [2.75, 3.05) is 14.2 Å². The Morgan fingerprint density at radius 1 is 0.769 bits per heavy atom. The minimum absolute atomic E-state index is 0.123. The van der Waals surface area contributed by atoms with Crippen LogP contribution in [0.2, 0.25) is 0 Å². The zero-order chi connectivity index (χ0) is 18.5.